The molecule has 0 unspecified atom stereocenters. The molecular weight excluding hydrogens is 391 g/mol. The van der Waals surface area contributed by atoms with E-state index in [2.05, 4.69) is 21.2 Å². The van der Waals surface area contributed by atoms with Crippen molar-refractivity contribution in [1.82, 2.24) is 5.32 Å². The molecule has 0 fully saturated rings. The minimum atomic E-state index is -1.27. The Morgan fingerprint density at radius 1 is 1.43 bits per heavy atom. The number of benzene rings is 2. The molecule has 0 aliphatic carbocycles. The highest BCUT2D eigenvalue weighted by Gasteiger charge is 2.16. The van der Waals surface area contributed by atoms with Gasteiger partial charge in [-0.25, -0.2) is 9.18 Å². The summed E-state index contributed by atoms with van der Waals surface area (Å²) in [5, 5.41) is 19.6. The zero-order valence-corrected chi connectivity index (χ0v) is 13.8. The van der Waals surface area contributed by atoms with Gasteiger partial charge in [0.05, 0.1) is 16.7 Å². The summed E-state index contributed by atoms with van der Waals surface area (Å²) >= 11 is 9.18. The molecule has 0 atom stereocenters. The predicted octanol–water partition coefficient (Wildman–Crippen LogP) is 4.67. The molecule has 118 valence electrons. The van der Waals surface area contributed by atoms with E-state index in [-0.39, 0.29) is 28.6 Å². The molecule has 2 N–H and O–H groups in total. The van der Waals surface area contributed by atoms with Crippen LogP contribution in [-0.2, 0) is 6.54 Å². The molecule has 0 spiro atoms. The molecule has 8 heteroatoms. The van der Waals surface area contributed by atoms with Crippen molar-refractivity contribution >= 4 is 33.6 Å². The largest absolute Gasteiger partial charge is 0.465 e. The van der Waals surface area contributed by atoms with Gasteiger partial charge in [-0.2, -0.15) is 5.26 Å². The van der Waals surface area contributed by atoms with Crippen LogP contribution in [0, 0.1) is 17.1 Å². The van der Waals surface area contributed by atoms with Crippen molar-refractivity contribution in [2.75, 3.05) is 0 Å². The van der Waals surface area contributed by atoms with E-state index in [1.54, 1.807) is 12.1 Å². The number of carbonyl (C=O) groups is 1. The lowest BCUT2D eigenvalue weighted by molar-refractivity contribution is 0.194. The third-order valence-electron chi connectivity index (χ3n) is 2.78. The zero-order chi connectivity index (χ0) is 17.0. The van der Waals surface area contributed by atoms with Gasteiger partial charge in [-0.1, -0.05) is 33.6 Å². The Kier molecular flexibility index (Phi) is 5.42. The van der Waals surface area contributed by atoms with Crippen LogP contribution in [0.3, 0.4) is 0 Å². The summed E-state index contributed by atoms with van der Waals surface area (Å²) in [7, 11) is 0. The van der Waals surface area contributed by atoms with Gasteiger partial charge in [-0.3, -0.25) is 0 Å². The van der Waals surface area contributed by atoms with Crippen LogP contribution in [-0.4, -0.2) is 11.2 Å². The molecule has 2 aromatic rings. The second kappa shape index (κ2) is 7.31. The fourth-order valence-corrected chi connectivity index (χ4v) is 2.44. The Balaban J connectivity index is 2.36. The van der Waals surface area contributed by atoms with Crippen LogP contribution in [0.15, 0.2) is 34.8 Å². The van der Waals surface area contributed by atoms with Crippen molar-refractivity contribution < 1.29 is 19.0 Å². The van der Waals surface area contributed by atoms with Crippen molar-refractivity contribution in [2.45, 2.75) is 6.54 Å². The van der Waals surface area contributed by atoms with Crippen LogP contribution in [0.5, 0.6) is 11.5 Å². The van der Waals surface area contributed by atoms with Gasteiger partial charge in [-0.05, 0) is 24.3 Å². The molecule has 1 amide bonds. The Bertz CT molecular complexity index is 808. The normalized spacial score (nSPS) is 10.0. The third-order valence-corrected chi connectivity index (χ3v) is 3.53. The quantitative estimate of drug-likeness (QED) is 0.782. The van der Waals surface area contributed by atoms with E-state index in [1.807, 2.05) is 6.07 Å². The number of hydrogen-bond acceptors (Lipinski definition) is 3. The molecule has 0 bridgehead atoms. The molecule has 0 heterocycles. The maximum atomic E-state index is 14.4. The van der Waals surface area contributed by atoms with Gasteiger partial charge in [0.2, 0.25) is 0 Å². The Labute approximate surface area is 144 Å². The summed E-state index contributed by atoms with van der Waals surface area (Å²) in [4.78, 5) is 10.5. The van der Waals surface area contributed by atoms with Crippen LogP contribution in [0.2, 0.25) is 5.02 Å². The summed E-state index contributed by atoms with van der Waals surface area (Å²) in [5.74, 6) is -0.789. The second-order valence-electron chi connectivity index (χ2n) is 4.40. The minimum Gasteiger partial charge on any atom is -0.465 e. The van der Waals surface area contributed by atoms with Crippen LogP contribution >= 0.6 is 27.5 Å². The van der Waals surface area contributed by atoms with E-state index in [0.717, 1.165) is 0 Å². The number of halogens is 3. The molecule has 0 aliphatic heterocycles. The lowest BCUT2D eigenvalue weighted by Gasteiger charge is -2.12. The monoisotopic (exact) mass is 398 g/mol. The maximum Gasteiger partial charge on any atom is 0.404 e. The van der Waals surface area contributed by atoms with Crippen molar-refractivity contribution in [3.05, 3.63) is 56.8 Å². The first-order chi connectivity index (χ1) is 10.9. The number of ether oxygens (including phenoxy) is 1. The maximum absolute atomic E-state index is 14.4. The number of rotatable bonds is 4. The highest BCUT2D eigenvalue weighted by atomic mass is 79.9. The topological polar surface area (TPSA) is 82.3 Å². The Morgan fingerprint density at radius 3 is 2.83 bits per heavy atom. The van der Waals surface area contributed by atoms with E-state index in [4.69, 9.17) is 26.7 Å². The van der Waals surface area contributed by atoms with Gasteiger partial charge in [0.15, 0.2) is 11.6 Å². The van der Waals surface area contributed by atoms with E-state index >= 15 is 0 Å². The number of nitrogens with one attached hydrogen (secondary N) is 1. The molecule has 2 rings (SSSR count). The Hall–Kier alpha value is -2.30. The first-order valence-electron chi connectivity index (χ1n) is 6.23. The second-order valence-corrected chi connectivity index (χ2v) is 5.72. The van der Waals surface area contributed by atoms with Crippen LogP contribution in [0.1, 0.15) is 11.1 Å². The summed E-state index contributed by atoms with van der Waals surface area (Å²) in [6.45, 7) is -0.226. The lowest BCUT2D eigenvalue weighted by atomic mass is 10.2. The van der Waals surface area contributed by atoms with E-state index < -0.39 is 11.9 Å². The van der Waals surface area contributed by atoms with E-state index in [9.17, 15) is 9.18 Å². The predicted molar refractivity (Wildman–Crippen MR) is 85.2 cm³/mol. The van der Waals surface area contributed by atoms with Crippen molar-refractivity contribution in [3.63, 3.8) is 0 Å². The number of nitriles is 1. The van der Waals surface area contributed by atoms with Gasteiger partial charge >= 0.3 is 6.09 Å². The summed E-state index contributed by atoms with van der Waals surface area (Å²) < 4.78 is 20.5. The number of amides is 1. The zero-order valence-electron chi connectivity index (χ0n) is 11.4. The Morgan fingerprint density at radius 2 is 2.17 bits per heavy atom. The van der Waals surface area contributed by atoms with Crippen molar-refractivity contribution in [3.8, 4) is 17.6 Å². The van der Waals surface area contributed by atoms with Gasteiger partial charge in [0.1, 0.15) is 5.75 Å². The highest BCUT2D eigenvalue weighted by Crippen LogP contribution is 2.35. The third kappa shape index (κ3) is 4.34. The fourth-order valence-electron chi connectivity index (χ4n) is 1.78. The smallest absolute Gasteiger partial charge is 0.404 e. The molecule has 0 aromatic heterocycles. The average Bonchev–Trinajstić information content (AvgIpc) is 2.50. The molecule has 23 heavy (non-hydrogen) atoms. The molecule has 5 nitrogen and oxygen atoms in total. The molecule has 0 aliphatic rings. The van der Waals surface area contributed by atoms with Crippen LogP contribution in [0.4, 0.5) is 9.18 Å². The van der Waals surface area contributed by atoms with E-state index in [0.29, 0.717) is 10.0 Å². The highest BCUT2D eigenvalue weighted by molar-refractivity contribution is 9.10. The first kappa shape index (κ1) is 17.1. The standard InChI is InChI=1S/C15H9BrClFN2O3/c16-10-3-8(6-19)4-11(5-10)23-14-12(17)2-1-9(13(14)18)7-20-15(21)22/h1-5,20H,7H2,(H,21,22). The van der Waals surface area contributed by atoms with Gasteiger partial charge in [0.25, 0.3) is 0 Å². The lowest BCUT2D eigenvalue weighted by Crippen LogP contribution is -2.20. The number of hydrogen-bond donors (Lipinski definition) is 2. The van der Waals surface area contributed by atoms with Crippen LogP contribution < -0.4 is 10.1 Å². The van der Waals surface area contributed by atoms with Gasteiger partial charge in [0, 0.05) is 16.6 Å². The molecular formula is C15H9BrClFN2O3. The number of nitrogens with zero attached hydrogens (tertiary/aromatic N) is 1. The molecule has 0 radical (unpaired) electrons. The molecule has 2 aromatic carbocycles. The summed E-state index contributed by atoms with van der Waals surface area (Å²) in [6, 6.07) is 9.29. The summed E-state index contributed by atoms with van der Waals surface area (Å²) in [5.41, 5.74) is 0.414. The van der Waals surface area contributed by atoms with Gasteiger partial charge < -0.3 is 15.2 Å². The van der Waals surface area contributed by atoms with Gasteiger partial charge in [-0.15, -0.1) is 0 Å². The molecule has 0 saturated heterocycles. The average molecular weight is 400 g/mol. The fraction of sp³-hybridized carbons (Fsp3) is 0.0667. The van der Waals surface area contributed by atoms with Crippen molar-refractivity contribution in [1.29, 1.82) is 5.26 Å². The number of carboxylic acid groups (broad SMARTS) is 1. The SMILES string of the molecule is N#Cc1cc(Br)cc(Oc2c(Cl)ccc(CNC(=O)O)c2F)c1. The van der Waals surface area contributed by atoms with E-state index in [1.165, 1.54) is 18.2 Å². The summed E-state index contributed by atoms with van der Waals surface area (Å²) in [6.07, 6.45) is -1.27. The molecule has 0 saturated carbocycles. The minimum absolute atomic E-state index is 0.0278. The first-order valence-corrected chi connectivity index (χ1v) is 7.40. The van der Waals surface area contributed by atoms with Crippen LogP contribution in [0.25, 0.3) is 0 Å². The van der Waals surface area contributed by atoms with Crippen molar-refractivity contribution in [2.24, 2.45) is 0 Å².